The highest BCUT2D eigenvalue weighted by molar-refractivity contribution is 7.22. The van der Waals surface area contributed by atoms with E-state index in [1.54, 1.807) is 4.90 Å². The van der Waals surface area contributed by atoms with E-state index in [9.17, 15) is 13.6 Å². The quantitative estimate of drug-likeness (QED) is 0.562. The second kappa shape index (κ2) is 9.25. The molecule has 0 atom stereocenters. The Hall–Kier alpha value is -1.94. The molecule has 154 valence electrons. The number of ether oxygens (including phenoxy) is 1. The molecule has 0 bridgehead atoms. The van der Waals surface area contributed by atoms with Crippen molar-refractivity contribution in [2.45, 2.75) is 12.8 Å². The summed E-state index contributed by atoms with van der Waals surface area (Å²) in [5, 5.41) is 2.34. The zero-order chi connectivity index (χ0) is 20.2. The molecule has 1 aliphatic rings. The fourth-order valence-electron chi connectivity index (χ4n) is 3.32. The Morgan fingerprint density at radius 3 is 2.86 bits per heavy atom. The predicted octanol–water partition coefficient (Wildman–Crippen LogP) is 3.93. The minimum Gasteiger partial charge on any atom is -0.379 e. The molecule has 3 aromatic rings. The summed E-state index contributed by atoms with van der Waals surface area (Å²) in [5.74, 6) is -1.44. The lowest BCUT2D eigenvalue weighted by Gasteiger charge is -2.27. The summed E-state index contributed by atoms with van der Waals surface area (Å²) in [6, 6.07) is 5.91. The average Bonchev–Trinajstić information content (AvgIpc) is 3.36. The molecule has 0 radical (unpaired) electrons. The summed E-state index contributed by atoms with van der Waals surface area (Å²) in [6.45, 7) is 4.54. The molecule has 5 nitrogen and oxygen atoms in total. The van der Waals surface area contributed by atoms with E-state index in [1.807, 2.05) is 17.5 Å². The largest absolute Gasteiger partial charge is 0.379 e. The number of morpholine rings is 1. The van der Waals surface area contributed by atoms with Crippen LogP contribution in [0.2, 0.25) is 0 Å². The fraction of sp³-hybridized carbons (Fsp3) is 0.400. The van der Waals surface area contributed by atoms with Crippen LogP contribution in [0.5, 0.6) is 0 Å². The third-order valence-electron chi connectivity index (χ3n) is 4.80. The third-order valence-corrected chi connectivity index (χ3v) is 6.70. The van der Waals surface area contributed by atoms with Crippen molar-refractivity contribution >= 4 is 43.9 Å². The zero-order valence-corrected chi connectivity index (χ0v) is 17.4. The Morgan fingerprint density at radius 2 is 2.10 bits per heavy atom. The first kappa shape index (κ1) is 20.3. The lowest BCUT2D eigenvalue weighted by Crippen LogP contribution is -2.39. The van der Waals surface area contributed by atoms with Gasteiger partial charge < -0.3 is 4.74 Å². The number of hydrogen-bond donors (Lipinski definition) is 0. The van der Waals surface area contributed by atoms with Gasteiger partial charge in [0.25, 0.3) is 0 Å². The molecular formula is C20H21F2N3O2S2. The molecule has 4 rings (SSSR count). The Morgan fingerprint density at radius 1 is 1.28 bits per heavy atom. The van der Waals surface area contributed by atoms with Crippen LogP contribution in [0, 0.1) is 11.6 Å². The van der Waals surface area contributed by atoms with E-state index in [-0.39, 0.29) is 17.8 Å². The minimum atomic E-state index is -0.707. The van der Waals surface area contributed by atoms with Gasteiger partial charge in [-0.1, -0.05) is 17.4 Å². The molecule has 1 aromatic carbocycles. The van der Waals surface area contributed by atoms with Crippen molar-refractivity contribution in [2.24, 2.45) is 0 Å². The van der Waals surface area contributed by atoms with Crippen molar-refractivity contribution in [3.05, 3.63) is 46.2 Å². The number of anilines is 1. The molecule has 1 aliphatic heterocycles. The number of hydrogen-bond acceptors (Lipinski definition) is 6. The molecule has 1 saturated heterocycles. The van der Waals surface area contributed by atoms with Gasteiger partial charge in [0.1, 0.15) is 11.3 Å². The van der Waals surface area contributed by atoms with E-state index in [4.69, 9.17) is 4.74 Å². The molecule has 3 heterocycles. The second-order valence-electron chi connectivity index (χ2n) is 6.84. The first-order valence-corrected chi connectivity index (χ1v) is 11.2. The van der Waals surface area contributed by atoms with Crippen LogP contribution in [-0.4, -0.2) is 55.2 Å². The predicted molar refractivity (Wildman–Crippen MR) is 112 cm³/mol. The van der Waals surface area contributed by atoms with Gasteiger partial charge in [-0.3, -0.25) is 14.6 Å². The molecule has 1 fully saturated rings. The van der Waals surface area contributed by atoms with Crippen LogP contribution >= 0.6 is 22.7 Å². The molecule has 0 spiro atoms. The van der Waals surface area contributed by atoms with Gasteiger partial charge in [0.2, 0.25) is 5.91 Å². The lowest BCUT2D eigenvalue weighted by atomic mass is 10.3. The molecule has 0 unspecified atom stereocenters. The van der Waals surface area contributed by atoms with Crippen LogP contribution in [0.1, 0.15) is 11.3 Å². The highest BCUT2D eigenvalue weighted by Crippen LogP contribution is 2.31. The van der Waals surface area contributed by atoms with Crippen LogP contribution in [0.3, 0.4) is 0 Å². The SMILES string of the molecule is O=C(Cc1cccs1)N(CCCN1CCOCC1)c1nc2c(F)cc(F)cc2s1. The molecule has 2 aromatic heterocycles. The van der Waals surface area contributed by atoms with Crippen LogP contribution in [-0.2, 0) is 16.0 Å². The number of fused-ring (bicyclic) bond motifs is 1. The Kier molecular flexibility index (Phi) is 6.49. The number of carbonyl (C=O) groups is 1. The van der Waals surface area contributed by atoms with Crippen molar-refractivity contribution < 1.29 is 18.3 Å². The summed E-state index contributed by atoms with van der Waals surface area (Å²) < 4.78 is 33.5. The number of nitrogens with zero attached hydrogens (tertiary/aromatic N) is 3. The number of carbonyl (C=O) groups excluding carboxylic acids is 1. The van der Waals surface area contributed by atoms with Crippen molar-refractivity contribution in [3.63, 3.8) is 0 Å². The van der Waals surface area contributed by atoms with Gasteiger partial charge in [-0.2, -0.15) is 0 Å². The van der Waals surface area contributed by atoms with Crippen molar-refractivity contribution in [1.82, 2.24) is 9.88 Å². The maximum atomic E-state index is 14.1. The Bertz CT molecular complexity index is 972. The minimum absolute atomic E-state index is 0.0886. The molecule has 9 heteroatoms. The Labute approximate surface area is 175 Å². The van der Waals surface area contributed by atoms with Gasteiger partial charge >= 0.3 is 0 Å². The van der Waals surface area contributed by atoms with E-state index < -0.39 is 11.6 Å². The summed E-state index contributed by atoms with van der Waals surface area (Å²) in [6.07, 6.45) is 1.03. The fourth-order valence-corrected chi connectivity index (χ4v) is 5.07. The van der Waals surface area contributed by atoms with Gasteiger partial charge in [0.15, 0.2) is 10.9 Å². The summed E-state index contributed by atoms with van der Waals surface area (Å²) in [5.41, 5.74) is 0.105. The summed E-state index contributed by atoms with van der Waals surface area (Å²) >= 11 is 2.67. The van der Waals surface area contributed by atoms with E-state index in [1.165, 1.54) is 17.4 Å². The first-order chi connectivity index (χ1) is 14.1. The number of benzene rings is 1. The maximum absolute atomic E-state index is 14.1. The van der Waals surface area contributed by atoms with Crippen LogP contribution < -0.4 is 4.90 Å². The molecule has 1 amide bonds. The molecule has 0 N–H and O–H groups in total. The van der Waals surface area contributed by atoms with Gasteiger partial charge in [-0.25, -0.2) is 13.8 Å². The number of aromatic nitrogens is 1. The summed E-state index contributed by atoms with van der Waals surface area (Å²) in [7, 11) is 0. The van der Waals surface area contributed by atoms with Gasteiger partial charge in [-0.05, 0) is 23.9 Å². The lowest BCUT2D eigenvalue weighted by molar-refractivity contribution is -0.118. The number of halogens is 2. The topological polar surface area (TPSA) is 45.7 Å². The van der Waals surface area contributed by atoms with Gasteiger partial charge in [-0.15, -0.1) is 11.3 Å². The van der Waals surface area contributed by atoms with E-state index in [2.05, 4.69) is 9.88 Å². The number of rotatable bonds is 7. The van der Waals surface area contributed by atoms with Crippen LogP contribution in [0.15, 0.2) is 29.6 Å². The third kappa shape index (κ3) is 4.98. The smallest absolute Gasteiger partial charge is 0.234 e. The maximum Gasteiger partial charge on any atom is 0.234 e. The number of thiophene rings is 1. The number of amides is 1. The van der Waals surface area contributed by atoms with Gasteiger partial charge in [0, 0.05) is 37.1 Å². The average molecular weight is 438 g/mol. The van der Waals surface area contributed by atoms with Crippen molar-refractivity contribution in [2.75, 3.05) is 44.3 Å². The second-order valence-corrected chi connectivity index (χ2v) is 8.88. The van der Waals surface area contributed by atoms with E-state index >= 15 is 0 Å². The van der Waals surface area contributed by atoms with Crippen molar-refractivity contribution in [1.29, 1.82) is 0 Å². The first-order valence-electron chi connectivity index (χ1n) is 9.48. The highest BCUT2D eigenvalue weighted by Gasteiger charge is 2.22. The molecule has 0 aliphatic carbocycles. The molecule has 29 heavy (non-hydrogen) atoms. The van der Waals surface area contributed by atoms with E-state index in [0.29, 0.717) is 16.4 Å². The monoisotopic (exact) mass is 437 g/mol. The number of thiazole rings is 1. The van der Waals surface area contributed by atoms with Crippen LogP contribution in [0.25, 0.3) is 10.2 Å². The summed E-state index contributed by atoms with van der Waals surface area (Å²) in [4.78, 5) is 22.2. The van der Waals surface area contributed by atoms with Crippen LogP contribution in [0.4, 0.5) is 13.9 Å². The Balaban J connectivity index is 1.53. The van der Waals surface area contributed by atoms with E-state index in [0.717, 1.165) is 61.5 Å². The van der Waals surface area contributed by atoms with Crippen molar-refractivity contribution in [3.8, 4) is 0 Å². The highest BCUT2D eigenvalue weighted by atomic mass is 32.1. The molecular weight excluding hydrogens is 416 g/mol. The zero-order valence-electron chi connectivity index (χ0n) is 15.8. The van der Waals surface area contributed by atoms with Gasteiger partial charge in [0.05, 0.1) is 24.3 Å². The standard InChI is InChI=1S/C20H21F2N3O2S2/c21-14-11-16(22)19-17(12-14)29-20(23-19)25(18(26)13-15-3-1-10-28-15)5-2-4-24-6-8-27-9-7-24/h1,3,10-12H,2,4-9,13H2. The molecule has 0 saturated carbocycles. The normalized spacial score (nSPS) is 15.1.